The van der Waals surface area contributed by atoms with Gasteiger partial charge in [0.05, 0.1) is 10.5 Å². The highest BCUT2D eigenvalue weighted by molar-refractivity contribution is 7.80. The van der Waals surface area contributed by atoms with Crippen LogP contribution < -0.4 is 11.1 Å². The van der Waals surface area contributed by atoms with Crippen molar-refractivity contribution in [2.24, 2.45) is 5.73 Å². The minimum absolute atomic E-state index is 0.101. The first-order valence-corrected chi connectivity index (χ1v) is 6.77. The van der Waals surface area contributed by atoms with Crippen LogP contribution in [0.1, 0.15) is 42.6 Å². The molecule has 0 spiro atoms. The molecule has 20 heavy (non-hydrogen) atoms. The third-order valence-corrected chi connectivity index (χ3v) is 3.93. The molecule has 0 atom stereocenters. The fraction of sp³-hybridized carbons (Fsp3) is 0.429. The fourth-order valence-electron chi connectivity index (χ4n) is 1.98. The Hall–Kier alpha value is -1.56. The molecule has 3 N–H and O–H groups in total. The Bertz CT molecular complexity index is 542. The van der Waals surface area contributed by atoms with Crippen LogP contribution in [0.3, 0.4) is 0 Å². The normalized spacial score (nSPS) is 11.2. The highest BCUT2D eigenvalue weighted by Gasteiger charge is 2.33. The van der Waals surface area contributed by atoms with Crippen LogP contribution in [0.4, 0.5) is 8.78 Å². The van der Waals surface area contributed by atoms with Crippen molar-refractivity contribution in [3.8, 4) is 0 Å². The number of rotatable bonds is 5. The van der Waals surface area contributed by atoms with Crippen molar-refractivity contribution in [2.75, 3.05) is 0 Å². The van der Waals surface area contributed by atoms with Gasteiger partial charge in [-0.2, -0.15) is 0 Å². The van der Waals surface area contributed by atoms with E-state index in [1.54, 1.807) is 13.8 Å². The largest absolute Gasteiger partial charge is 0.391 e. The zero-order chi connectivity index (χ0) is 15.5. The van der Waals surface area contributed by atoms with E-state index in [-0.39, 0.29) is 10.6 Å². The van der Waals surface area contributed by atoms with Gasteiger partial charge in [-0.1, -0.05) is 32.1 Å². The number of aryl methyl sites for hydroxylation is 1. The third kappa shape index (κ3) is 2.95. The number of carbonyl (C=O) groups excluding carboxylic acids is 1. The number of halogens is 2. The molecule has 0 heterocycles. The van der Waals surface area contributed by atoms with Crippen LogP contribution in [0.15, 0.2) is 12.1 Å². The Morgan fingerprint density at radius 2 is 1.90 bits per heavy atom. The number of thiocarbonyl (C=S) groups is 1. The molecule has 1 rings (SSSR count). The Kier molecular flexibility index (Phi) is 5.16. The third-order valence-electron chi connectivity index (χ3n) is 3.54. The molecule has 3 nitrogen and oxygen atoms in total. The molecule has 0 aromatic heterocycles. The summed E-state index contributed by atoms with van der Waals surface area (Å²) in [5.74, 6) is -2.62. The summed E-state index contributed by atoms with van der Waals surface area (Å²) < 4.78 is 27.6. The van der Waals surface area contributed by atoms with Gasteiger partial charge in [0.15, 0.2) is 0 Å². The number of amides is 1. The molecule has 1 aromatic rings. The average molecular weight is 300 g/mol. The zero-order valence-electron chi connectivity index (χ0n) is 11.7. The van der Waals surface area contributed by atoms with Crippen LogP contribution in [0.25, 0.3) is 0 Å². The van der Waals surface area contributed by atoms with Gasteiger partial charge in [0, 0.05) is 0 Å². The van der Waals surface area contributed by atoms with E-state index in [9.17, 15) is 13.6 Å². The number of benzene rings is 1. The van der Waals surface area contributed by atoms with Gasteiger partial charge in [-0.05, 0) is 31.4 Å². The monoisotopic (exact) mass is 300 g/mol. The summed E-state index contributed by atoms with van der Waals surface area (Å²) in [5.41, 5.74) is 4.31. The maximum atomic E-state index is 13.9. The van der Waals surface area contributed by atoms with Crippen molar-refractivity contribution < 1.29 is 13.6 Å². The van der Waals surface area contributed by atoms with Gasteiger partial charge in [-0.15, -0.1) is 0 Å². The summed E-state index contributed by atoms with van der Waals surface area (Å²) in [7, 11) is 0. The second-order valence-corrected chi connectivity index (χ2v) is 5.10. The summed E-state index contributed by atoms with van der Waals surface area (Å²) in [4.78, 5) is 12.3. The maximum absolute atomic E-state index is 13.9. The van der Waals surface area contributed by atoms with E-state index < -0.39 is 28.6 Å². The van der Waals surface area contributed by atoms with E-state index in [2.05, 4.69) is 5.32 Å². The second kappa shape index (κ2) is 6.26. The molecule has 0 aliphatic carbocycles. The number of nitrogens with two attached hydrogens (primary N) is 1. The molecule has 0 unspecified atom stereocenters. The number of nitrogens with one attached hydrogen (secondary N) is 1. The van der Waals surface area contributed by atoms with Crippen LogP contribution in [0.2, 0.25) is 0 Å². The van der Waals surface area contributed by atoms with Gasteiger partial charge in [0.25, 0.3) is 5.91 Å². The van der Waals surface area contributed by atoms with Crippen molar-refractivity contribution in [3.63, 3.8) is 0 Å². The van der Waals surface area contributed by atoms with Gasteiger partial charge in [0.2, 0.25) is 0 Å². The molecule has 6 heteroatoms. The predicted molar refractivity (Wildman–Crippen MR) is 78.7 cm³/mol. The van der Waals surface area contributed by atoms with Crippen LogP contribution in [0, 0.1) is 18.6 Å². The molecule has 0 radical (unpaired) electrons. The van der Waals surface area contributed by atoms with Gasteiger partial charge < -0.3 is 11.1 Å². The lowest BCUT2D eigenvalue weighted by molar-refractivity contribution is 0.0911. The molecule has 0 aliphatic rings. The summed E-state index contributed by atoms with van der Waals surface area (Å²) in [6.07, 6.45) is 0.888. The van der Waals surface area contributed by atoms with E-state index >= 15 is 0 Å². The predicted octanol–water partition coefficient (Wildman–Crippen LogP) is 2.85. The minimum atomic E-state index is -0.935. The molecule has 0 aliphatic heterocycles. The van der Waals surface area contributed by atoms with Gasteiger partial charge in [-0.25, -0.2) is 8.78 Å². The zero-order valence-corrected chi connectivity index (χ0v) is 12.5. The summed E-state index contributed by atoms with van der Waals surface area (Å²) in [5, 5.41) is 2.57. The molecule has 1 amide bonds. The Labute approximate surface area is 122 Å². The number of carbonyl (C=O) groups is 1. The quantitative estimate of drug-likeness (QED) is 0.822. The van der Waals surface area contributed by atoms with E-state index in [4.69, 9.17) is 18.0 Å². The molecule has 1 aromatic carbocycles. The van der Waals surface area contributed by atoms with E-state index in [1.807, 2.05) is 0 Å². The molecule has 0 saturated carbocycles. The molecule has 110 valence electrons. The lowest BCUT2D eigenvalue weighted by Crippen LogP contribution is -2.56. The van der Waals surface area contributed by atoms with Crippen molar-refractivity contribution in [1.29, 1.82) is 0 Å². The van der Waals surface area contributed by atoms with Gasteiger partial charge in [-0.3, -0.25) is 4.79 Å². The smallest absolute Gasteiger partial charge is 0.258 e. The number of hydrogen-bond acceptors (Lipinski definition) is 2. The SMILES string of the molecule is CCC(CC)(NC(=O)c1c(F)ccc(C)c1F)C(N)=S. The summed E-state index contributed by atoms with van der Waals surface area (Å²) in [6.45, 7) is 5.06. The first-order chi connectivity index (χ1) is 9.29. The molecule has 0 bridgehead atoms. The standard InChI is InChI=1S/C14H18F2N2OS/c1-4-14(5-2,13(17)20)18-12(19)10-9(15)7-6-8(3)11(10)16/h6-7H,4-5H2,1-3H3,(H2,17,20)(H,18,19). The van der Waals surface area contributed by atoms with E-state index in [0.717, 1.165) is 6.07 Å². The van der Waals surface area contributed by atoms with E-state index in [1.165, 1.54) is 13.0 Å². The Morgan fingerprint density at radius 3 is 2.35 bits per heavy atom. The molecular weight excluding hydrogens is 282 g/mol. The topological polar surface area (TPSA) is 55.1 Å². The molecule has 0 saturated heterocycles. The number of hydrogen-bond donors (Lipinski definition) is 2. The van der Waals surface area contributed by atoms with Crippen molar-refractivity contribution in [3.05, 3.63) is 34.9 Å². The van der Waals surface area contributed by atoms with Crippen molar-refractivity contribution in [2.45, 2.75) is 39.2 Å². The van der Waals surface area contributed by atoms with E-state index in [0.29, 0.717) is 12.8 Å². The van der Waals surface area contributed by atoms with Crippen molar-refractivity contribution >= 4 is 23.1 Å². The summed E-state index contributed by atoms with van der Waals surface area (Å²) >= 11 is 4.96. The second-order valence-electron chi connectivity index (χ2n) is 4.66. The highest BCUT2D eigenvalue weighted by atomic mass is 32.1. The first-order valence-electron chi connectivity index (χ1n) is 6.36. The maximum Gasteiger partial charge on any atom is 0.258 e. The Morgan fingerprint density at radius 1 is 1.35 bits per heavy atom. The summed E-state index contributed by atoms with van der Waals surface area (Å²) in [6, 6.07) is 2.34. The van der Waals surface area contributed by atoms with Crippen LogP contribution >= 0.6 is 12.2 Å². The molecular formula is C14H18F2N2OS. The van der Waals surface area contributed by atoms with Crippen LogP contribution in [-0.4, -0.2) is 16.4 Å². The first kappa shape index (κ1) is 16.5. The highest BCUT2D eigenvalue weighted by Crippen LogP contribution is 2.20. The van der Waals surface area contributed by atoms with Crippen molar-refractivity contribution in [1.82, 2.24) is 5.32 Å². The van der Waals surface area contributed by atoms with Crippen LogP contribution in [0.5, 0.6) is 0 Å². The lowest BCUT2D eigenvalue weighted by Gasteiger charge is -2.31. The molecule has 0 fully saturated rings. The Balaban J connectivity index is 3.20. The minimum Gasteiger partial charge on any atom is -0.391 e. The lowest BCUT2D eigenvalue weighted by atomic mass is 9.92. The fourth-order valence-corrected chi connectivity index (χ4v) is 2.32. The van der Waals surface area contributed by atoms with Gasteiger partial charge in [0.1, 0.15) is 17.2 Å². The van der Waals surface area contributed by atoms with Gasteiger partial charge >= 0.3 is 0 Å². The van der Waals surface area contributed by atoms with Crippen LogP contribution in [-0.2, 0) is 0 Å². The average Bonchev–Trinajstić information content (AvgIpc) is 2.40.